The van der Waals surface area contributed by atoms with Gasteiger partial charge in [0.25, 0.3) is 5.91 Å². The summed E-state index contributed by atoms with van der Waals surface area (Å²) in [5.41, 5.74) is 5.02. The van der Waals surface area contributed by atoms with Crippen molar-refractivity contribution < 1.29 is 19.6 Å². The van der Waals surface area contributed by atoms with Crippen molar-refractivity contribution in [2.45, 2.75) is 46.1 Å². The van der Waals surface area contributed by atoms with Gasteiger partial charge in [0.05, 0.1) is 12.6 Å². The molecule has 194 valence electrons. The zero-order valence-corrected chi connectivity index (χ0v) is 21.8. The molecule has 0 aliphatic carbocycles. The lowest BCUT2D eigenvalue weighted by molar-refractivity contribution is -0.126. The molecule has 2 aromatic rings. The minimum atomic E-state index is -1.54. The Morgan fingerprint density at radius 2 is 1.86 bits per heavy atom. The molecular weight excluding hydrogens is 467 g/mol. The first kappa shape index (κ1) is 28.1. The number of benzene rings is 2. The summed E-state index contributed by atoms with van der Waals surface area (Å²) in [6.45, 7) is 8.27. The van der Waals surface area contributed by atoms with Gasteiger partial charge in [0.2, 0.25) is 5.91 Å². The van der Waals surface area contributed by atoms with Crippen LogP contribution in [0.2, 0.25) is 6.32 Å². The number of carbonyl (C=O) groups is 2. The second kappa shape index (κ2) is 13.2. The van der Waals surface area contributed by atoms with Gasteiger partial charge in [0.1, 0.15) is 11.6 Å². The predicted octanol–water partition coefficient (Wildman–Crippen LogP) is 2.46. The lowest BCUT2D eigenvalue weighted by atomic mass is 9.79. The fourth-order valence-electron chi connectivity index (χ4n) is 4.58. The molecule has 2 amide bonds. The average Bonchev–Trinajstić information content (AvgIpc) is 2.87. The lowest BCUT2D eigenvalue weighted by Crippen LogP contribution is -2.41. The summed E-state index contributed by atoms with van der Waals surface area (Å²) in [5.74, 6) is -0.470. The van der Waals surface area contributed by atoms with Gasteiger partial charge >= 0.3 is 7.12 Å². The van der Waals surface area contributed by atoms with Crippen LogP contribution in [-0.4, -0.2) is 65.0 Å². The van der Waals surface area contributed by atoms with Crippen LogP contribution < -0.4 is 5.32 Å². The number of hydrogen-bond acceptors (Lipinski definition) is 6. The lowest BCUT2D eigenvalue weighted by Gasteiger charge is -2.29. The van der Waals surface area contributed by atoms with E-state index in [2.05, 4.69) is 5.32 Å². The Kier molecular flexibility index (Phi) is 10.0. The highest BCUT2D eigenvalue weighted by molar-refractivity contribution is 6.41. The Morgan fingerprint density at radius 3 is 2.49 bits per heavy atom. The molecule has 0 unspecified atom stereocenters. The molecule has 0 spiro atoms. The standard InChI is InChI=1S/C28H35BN4O4/c1-4-33(5-2)28(35)24(17-30)14-21-8-11-22-12-13-32(18-25(22)15-21)19-27(34)31-26(16-29(36)37)23-9-6-20(3)7-10-23/h6-11,14-15,26,36-37H,4-5,12-13,16,18-19H2,1-3H3,(H,31,34)/t26-/m0/s1. The van der Waals surface area contributed by atoms with E-state index in [0.717, 1.165) is 35.2 Å². The first-order valence-corrected chi connectivity index (χ1v) is 12.7. The summed E-state index contributed by atoms with van der Waals surface area (Å²) >= 11 is 0. The molecular formula is C28H35BN4O4. The van der Waals surface area contributed by atoms with Crippen LogP contribution in [0.3, 0.4) is 0 Å². The van der Waals surface area contributed by atoms with E-state index in [9.17, 15) is 24.9 Å². The molecule has 0 bridgehead atoms. The Balaban J connectivity index is 1.69. The summed E-state index contributed by atoms with van der Waals surface area (Å²) in [7, 11) is -1.54. The van der Waals surface area contributed by atoms with Crippen molar-refractivity contribution in [2.24, 2.45) is 0 Å². The number of nitrogens with one attached hydrogen (secondary N) is 1. The van der Waals surface area contributed by atoms with Crippen LogP contribution in [-0.2, 0) is 22.6 Å². The highest BCUT2D eigenvalue weighted by Crippen LogP contribution is 2.23. The first-order valence-electron chi connectivity index (χ1n) is 12.7. The molecule has 1 atom stereocenters. The van der Waals surface area contributed by atoms with Crippen molar-refractivity contribution in [1.82, 2.24) is 15.1 Å². The maximum atomic E-state index is 12.9. The van der Waals surface area contributed by atoms with Crippen molar-refractivity contribution in [3.63, 3.8) is 0 Å². The Morgan fingerprint density at radius 1 is 1.16 bits per heavy atom. The summed E-state index contributed by atoms with van der Waals surface area (Å²) < 4.78 is 0. The molecule has 0 fully saturated rings. The van der Waals surface area contributed by atoms with E-state index in [4.69, 9.17) is 0 Å². The smallest absolute Gasteiger partial charge is 0.427 e. The molecule has 1 aliphatic heterocycles. The number of likely N-dealkylation sites (N-methyl/N-ethyl adjacent to an activating group) is 1. The third-order valence-electron chi connectivity index (χ3n) is 6.66. The van der Waals surface area contributed by atoms with E-state index in [1.807, 2.05) is 74.2 Å². The summed E-state index contributed by atoms with van der Waals surface area (Å²) in [6.07, 6.45) is 2.41. The van der Waals surface area contributed by atoms with Crippen molar-refractivity contribution >= 4 is 25.0 Å². The maximum Gasteiger partial charge on any atom is 0.453 e. The van der Waals surface area contributed by atoms with Crippen molar-refractivity contribution in [3.8, 4) is 6.07 Å². The van der Waals surface area contributed by atoms with Gasteiger partial charge in [-0.1, -0.05) is 48.0 Å². The van der Waals surface area contributed by atoms with E-state index in [-0.39, 0.29) is 30.3 Å². The molecule has 1 aliphatic rings. The largest absolute Gasteiger partial charge is 0.453 e. The molecule has 9 heteroatoms. The molecule has 37 heavy (non-hydrogen) atoms. The normalized spacial score (nSPS) is 14.3. The van der Waals surface area contributed by atoms with Gasteiger partial charge < -0.3 is 20.3 Å². The molecule has 3 N–H and O–H groups in total. The number of fused-ring (bicyclic) bond motifs is 1. The average molecular weight is 502 g/mol. The van der Waals surface area contributed by atoms with Crippen LogP contribution in [0.25, 0.3) is 6.08 Å². The van der Waals surface area contributed by atoms with Crippen molar-refractivity contribution in [1.29, 1.82) is 5.26 Å². The zero-order valence-electron chi connectivity index (χ0n) is 21.8. The van der Waals surface area contributed by atoms with E-state index < -0.39 is 13.2 Å². The maximum absolute atomic E-state index is 12.9. The monoisotopic (exact) mass is 502 g/mol. The molecule has 0 aromatic heterocycles. The Bertz CT molecular complexity index is 1170. The zero-order chi connectivity index (χ0) is 26.9. The van der Waals surface area contributed by atoms with Gasteiger partial charge in [-0.2, -0.15) is 5.26 Å². The van der Waals surface area contributed by atoms with Crippen LogP contribution in [0.4, 0.5) is 0 Å². The molecule has 3 rings (SSSR count). The fraction of sp³-hybridized carbons (Fsp3) is 0.393. The molecule has 1 heterocycles. The number of nitrogens with zero attached hydrogens (tertiary/aromatic N) is 3. The Labute approximate surface area is 219 Å². The van der Waals surface area contributed by atoms with Crippen LogP contribution in [0.1, 0.15) is 47.7 Å². The number of rotatable bonds is 10. The van der Waals surface area contributed by atoms with Gasteiger partial charge in [-0.05, 0) is 55.5 Å². The first-order chi connectivity index (χ1) is 17.7. The third-order valence-corrected chi connectivity index (χ3v) is 6.66. The van der Waals surface area contributed by atoms with Crippen LogP contribution >= 0.6 is 0 Å². The minimum absolute atomic E-state index is 0.000760. The van der Waals surface area contributed by atoms with Crippen molar-refractivity contribution in [3.05, 3.63) is 75.9 Å². The second-order valence-corrected chi connectivity index (χ2v) is 9.38. The van der Waals surface area contributed by atoms with Crippen LogP contribution in [0.5, 0.6) is 0 Å². The summed E-state index contributed by atoms with van der Waals surface area (Å²) in [4.78, 5) is 29.2. The van der Waals surface area contributed by atoms with Crippen LogP contribution in [0.15, 0.2) is 48.0 Å². The SMILES string of the molecule is CCN(CC)C(=O)C(C#N)=Cc1ccc2c(c1)CN(CC(=O)N[C@@H](CB(O)O)c1ccc(C)cc1)CC2. The summed E-state index contributed by atoms with van der Waals surface area (Å²) in [5, 5.41) is 31.5. The molecule has 0 saturated heterocycles. The van der Waals surface area contributed by atoms with Gasteiger partial charge in [-0.15, -0.1) is 0 Å². The van der Waals surface area contributed by atoms with Gasteiger partial charge in [0.15, 0.2) is 0 Å². The highest BCUT2D eigenvalue weighted by Gasteiger charge is 2.24. The van der Waals surface area contributed by atoms with Crippen molar-refractivity contribution in [2.75, 3.05) is 26.2 Å². The fourth-order valence-corrected chi connectivity index (χ4v) is 4.58. The minimum Gasteiger partial charge on any atom is -0.427 e. The number of nitriles is 1. The highest BCUT2D eigenvalue weighted by atomic mass is 16.4. The third kappa shape index (κ3) is 7.77. The second-order valence-electron chi connectivity index (χ2n) is 9.38. The van der Waals surface area contributed by atoms with E-state index in [1.165, 1.54) is 5.56 Å². The molecule has 0 radical (unpaired) electrons. The number of aryl methyl sites for hydroxylation is 1. The molecule has 8 nitrogen and oxygen atoms in total. The number of amides is 2. The van der Waals surface area contributed by atoms with Gasteiger partial charge in [-0.25, -0.2) is 0 Å². The predicted molar refractivity (Wildman–Crippen MR) is 144 cm³/mol. The molecule has 2 aromatic carbocycles. The van der Waals surface area contributed by atoms with Gasteiger partial charge in [-0.3, -0.25) is 14.5 Å². The van der Waals surface area contributed by atoms with Crippen LogP contribution in [0, 0.1) is 18.3 Å². The summed E-state index contributed by atoms with van der Waals surface area (Å²) in [6, 6.07) is 15.1. The Hall–Kier alpha value is -3.45. The van der Waals surface area contributed by atoms with E-state index in [0.29, 0.717) is 19.6 Å². The number of carbonyl (C=O) groups excluding carboxylic acids is 2. The molecule has 0 saturated carbocycles. The quantitative estimate of drug-likeness (QED) is 0.261. The number of hydrogen-bond donors (Lipinski definition) is 3. The van der Waals surface area contributed by atoms with E-state index >= 15 is 0 Å². The topological polar surface area (TPSA) is 117 Å². The van der Waals surface area contributed by atoms with Gasteiger partial charge in [0, 0.05) is 32.5 Å². The van der Waals surface area contributed by atoms with E-state index in [1.54, 1.807) is 11.0 Å².